The predicted octanol–water partition coefficient (Wildman–Crippen LogP) is 4.54. The number of para-hydroxylation sites is 3. The van der Waals surface area contributed by atoms with Crippen LogP contribution >= 0.6 is 0 Å². The summed E-state index contributed by atoms with van der Waals surface area (Å²) in [6.45, 7) is 0.427. The van der Waals surface area contributed by atoms with E-state index in [0.29, 0.717) is 18.7 Å². The van der Waals surface area contributed by atoms with Crippen molar-refractivity contribution in [2.45, 2.75) is 11.3 Å². The van der Waals surface area contributed by atoms with Gasteiger partial charge in [0.2, 0.25) is 0 Å². The lowest BCUT2D eigenvalue weighted by molar-refractivity contribution is -0.385. The van der Waals surface area contributed by atoms with Gasteiger partial charge in [0, 0.05) is 35.8 Å². The second-order valence-corrected chi connectivity index (χ2v) is 8.93. The molecule has 0 bridgehead atoms. The molecule has 0 saturated carbocycles. The van der Waals surface area contributed by atoms with Crippen LogP contribution in [0, 0.1) is 10.1 Å². The Kier molecular flexibility index (Phi) is 6.18. The van der Waals surface area contributed by atoms with Crippen molar-refractivity contribution in [1.29, 1.82) is 0 Å². The van der Waals surface area contributed by atoms with Crippen LogP contribution in [0.15, 0.2) is 77.8 Å². The van der Waals surface area contributed by atoms with Crippen LogP contribution in [0.3, 0.4) is 0 Å². The molecule has 0 aliphatic rings. The van der Waals surface area contributed by atoms with Crippen molar-refractivity contribution in [3.8, 4) is 5.75 Å². The Morgan fingerprint density at radius 3 is 2.58 bits per heavy atom. The van der Waals surface area contributed by atoms with Crippen LogP contribution in [-0.4, -0.2) is 32.0 Å². The molecule has 1 heterocycles. The van der Waals surface area contributed by atoms with Gasteiger partial charge in [0.15, 0.2) is 0 Å². The normalized spacial score (nSPS) is 11.3. The molecule has 4 rings (SSSR count). The molecule has 10 heteroatoms. The Hall–Kier alpha value is -4.05. The van der Waals surface area contributed by atoms with Gasteiger partial charge in [-0.3, -0.25) is 14.8 Å². The maximum Gasteiger partial charge on any atom is 0.270 e. The van der Waals surface area contributed by atoms with Crippen LogP contribution in [0.1, 0.15) is 5.56 Å². The van der Waals surface area contributed by atoms with E-state index in [-0.39, 0.29) is 22.0 Å². The molecule has 4 aromatic rings. The van der Waals surface area contributed by atoms with Crippen LogP contribution in [0.5, 0.6) is 5.75 Å². The van der Waals surface area contributed by atoms with Gasteiger partial charge in [0.05, 0.1) is 23.4 Å². The monoisotopic (exact) mass is 466 g/mol. The summed E-state index contributed by atoms with van der Waals surface area (Å²) in [4.78, 5) is 13.7. The molecule has 0 aliphatic carbocycles. The molecule has 0 amide bonds. The van der Waals surface area contributed by atoms with E-state index in [0.717, 1.165) is 22.5 Å². The highest BCUT2D eigenvalue weighted by molar-refractivity contribution is 7.93. The van der Waals surface area contributed by atoms with Crippen molar-refractivity contribution >= 4 is 38.0 Å². The third-order valence-corrected chi connectivity index (χ3v) is 6.61. The number of hydrogen-bond acceptors (Lipinski definition) is 6. The van der Waals surface area contributed by atoms with E-state index in [1.54, 1.807) is 24.3 Å². The molecule has 9 nitrogen and oxygen atoms in total. The molecular weight excluding hydrogens is 444 g/mol. The number of rotatable bonds is 9. The van der Waals surface area contributed by atoms with Crippen LogP contribution < -0.4 is 14.8 Å². The van der Waals surface area contributed by atoms with Crippen molar-refractivity contribution in [2.24, 2.45) is 0 Å². The number of fused-ring (bicyclic) bond motifs is 1. The third-order valence-electron chi connectivity index (χ3n) is 5.20. The molecule has 0 unspecified atom stereocenters. The quantitative estimate of drug-likeness (QED) is 0.246. The molecule has 3 N–H and O–H groups in total. The molecule has 0 radical (unpaired) electrons. The molecule has 1 aromatic heterocycles. The van der Waals surface area contributed by atoms with E-state index < -0.39 is 14.9 Å². The SMILES string of the molecule is COc1ccccc1NS(=O)(=O)c1cc([N+](=O)[O-])ccc1NCCc1c[nH]c2ccccc12. The zero-order chi connectivity index (χ0) is 23.4. The first kappa shape index (κ1) is 22.2. The van der Waals surface area contributed by atoms with E-state index in [4.69, 9.17) is 4.74 Å². The number of nitrogens with one attached hydrogen (secondary N) is 3. The summed E-state index contributed by atoms with van der Waals surface area (Å²) >= 11 is 0. The van der Waals surface area contributed by atoms with Gasteiger partial charge < -0.3 is 15.0 Å². The Balaban J connectivity index is 1.61. The third kappa shape index (κ3) is 4.75. The summed E-state index contributed by atoms with van der Waals surface area (Å²) in [5.41, 5.74) is 2.28. The predicted molar refractivity (Wildman–Crippen MR) is 127 cm³/mol. The molecule has 0 fully saturated rings. The fourth-order valence-electron chi connectivity index (χ4n) is 3.59. The van der Waals surface area contributed by atoms with Gasteiger partial charge in [-0.25, -0.2) is 8.42 Å². The number of hydrogen-bond donors (Lipinski definition) is 3. The Bertz CT molecular complexity index is 1420. The van der Waals surface area contributed by atoms with E-state index in [1.807, 2.05) is 30.5 Å². The van der Waals surface area contributed by atoms with Crippen molar-refractivity contribution in [3.05, 3.63) is 88.6 Å². The summed E-state index contributed by atoms with van der Waals surface area (Å²) in [5.74, 6) is 0.334. The first-order valence-corrected chi connectivity index (χ1v) is 11.6. The van der Waals surface area contributed by atoms with Crippen LogP contribution in [-0.2, 0) is 16.4 Å². The lowest BCUT2D eigenvalue weighted by Gasteiger charge is -2.15. The molecule has 3 aromatic carbocycles. The maximum atomic E-state index is 13.2. The number of methoxy groups -OCH3 is 1. The highest BCUT2D eigenvalue weighted by Gasteiger charge is 2.23. The second kappa shape index (κ2) is 9.21. The van der Waals surface area contributed by atoms with Gasteiger partial charge in [-0.2, -0.15) is 0 Å². The van der Waals surface area contributed by atoms with Gasteiger partial charge in [0.25, 0.3) is 15.7 Å². The van der Waals surface area contributed by atoms with E-state index >= 15 is 0 Å². The topological polar surface area (TPSA) is 126 Å². The number of sulfonamides is 1. The van der Waals surface area contributed by atoms with Crippen LogP contribution in [0.4, 0.5) is 17.1 Å². The molecule has 0 spiro atoms. The number of aromatic amines is 1. The van der Waals surface area contributed by atoms with E-state index in [1.165, 1.54) is 19.2 Å². The molecule has 0 atom stereocenters. The van der Waals surface area contributed by atoms with Crippen molar-refractivity contribution in [2.75, 3.05) is 23.7 Å². The lowest BCUT2D eigenvalue weighted by Crippen LogP contribution is -2.17. The number of aromatic nitrogens is 1. The minimum Gasteiger partial charge on any atom is -0.495 e. The highest BCUT2D eigenvalue weighted by Crippen LogP contribution is 2.31. The van der Waals surface area contributed by atoms with Gasteiger partial charge in [-0.15, -0.1) is 0 Å². The number of nitrogens with zero attached hydrogens (tertiary/aromatic N) is 1. The number of benzene rings is 3. The van der Waals surface area contributed by atoms with E-state index in [9.17, 15) is 18.5 Å². The number of nitro benzene ring substituents is 1. The fourth-order valence-corrected chi connectivity index (χ4v) is 4.87. The average Bonchev–Trinajstić information content (AvgIpc) is 3.22. The number of ether oxygens (including phenoxy) is 1. The zero-order valence-corrected chi connectivity index (χ0v) is 18.6. The standard InChI is InChI=1S/C23H22N4O5S/c1-32-22-9-5-4-8-20(22)26-33(30,31)23-14-17(27(28)29)10-11-21(23)24-13-12-16-15-25-19-7-3-2-6-18(16)19/h2-11,14-15,24-26H,12-13H2,1H3. The number of non-ortho nitro benzene ring substituents is 1. The van der Waals surface area contributed by atoms with Gasteiger partial charge in [-0.05, 0) is 36.2 Å². The van der Waals surface area contributed by atoms with Gasteiger partial charge in [0.1, 0.15) is 10.6 Å². The first-order valence-electron chi connectivity index (χ1n) is 10.1. The minimum atomic E-state index is -4.15. The molecule has 170 valence electrons. The first-order chi connectivity index (χ1) is 15.9. The maximum absolute atomic E-state index is 13.2. The van der Waals surface area contributed by atoms with Gasteiger partial charge >= 0.3 is 0 Å². The largest absolute Gasteiger partial charge is 0.495 e. The van der Waals surface area contributed by atoms with Gasteiger partial charge in [-0.1, -0.05) is 30.3 Å². The summed E-state index contributed by atoms with van der Waals surface area (Å²) in [6.07, 6.45) is 2.55. The lowest BCUT2D eigenvalue weighted by atomic mass is 10.1. The molecule has 0 aliphatic heterocycles. The Morgan fingerprint density at radius 1 is 1.03 bits per heavy atom. The average molecular weight is 467 g/mol. The second-order valence-electron chi connectivity index (χ2n) is 7.28. The van der Waals surface area contributed by atoms with Crippen LogP contribution in [0.2, 0.25) is 0 Å². The Morgan fingerprint density at radius 2 is 1.79 bits per heavy atom. The fraction of sp³-hybridized carbons (Fsp3) is 0.130. The number of H-pyrrole nitrogens is 1. The highest BCUT2D eigenvalue weighted by atomic mass is 32.2. The van der Waals surface area contributed by atoms with Crippen molar-refractivity contribution < 1.29 is 18.1 Å². The molecule has 0 saturated heterocycles. The molecular formula is C23H22N4O5S. The zero-order valence-electron chi connectivity index (χ0n) is 17.7. The summed E-state index contributed by atoms with van der Waals surface area (Å²) < 4.78 is 34.1. The van der Waals surface area contributed by atoms with Crippen molar-refractivity contribution in [3.63, 3.8) is 0 Å². The number of anilines is 2. The van der Waals surface area contributed by atoms with E-state index in [2.05, 4.69) is 15.0 Å². The Labute approximate surface area is 190 Å². The summed E-state index contributed by atoms with van der Waals surface area (Å²) in [7, 11) is -2.73. The minimum absolute atomic E-state index is 0.221. The number of nitro groups is 1. The van der Waals surface area contributed by atoms with Crippen LogP contribution in [0.25, 0.3) is 10.9 Å². The smallest absolute Gasteiger partial charge is 0.270 e. The molecule has 33 heavy (non-hydrogen) atoms. The summed E-state index contributed by atoms with van der Waals surface area (Å²) in [6, 6.07) is 18.2. The van der Waals surface area contributed by atoms with Crippen molar-refractivity contribution in [1.82, 2.24) is 4.98 Å². The summed E-state index contributed by atoms with van der Waals surface area (Å²) in [5, 5.41) is 15.5.